The zero-order chi connectivity index (χ0) is 16.2. The molecule has 0 fully saturated rings. The van der Waals surface area contributed by atoms with Crippen molar-refractivity contribution in [2.24, 2.45) is 0 Å². The Morgan fingerprint density at radius 1 is 0.913 bits per heavy atom. The van der Waals surface area contributed by atoms with E-state index >= 15 is 0 Å². The topological polar surface area (TPSA) is 6.25 Å². The third kappa shape index (κ3) is 3.76. The molecule has 120 valence electrons. The average Bonchev–Trinajstić information content (AvgIpc) is 2.54. The van der Waals surface area contributed by atoms with Crippen molar-refractivity contribution in [3.8, 4) is 0 Å². The van der Waals surface area contributed by atoms with Gasteiger partial charge in [0.2, 0.25) is 0 Å². The first-order chi connectivity index (χ1) is 11.1. The van der Waals surface area contributed by atoms with E-state index in [2.05, 4.69) is 59.8 Å². The summed E-state index contributed by atoms with van der Waals surface area (Å²) in [6, 6.07) is 17.0. The summed E-state index contributed by atoms with van der Waals surface area (Å²) in [5.41, 5.74) is 3.77. The molecule has 1 aliphatic heterocycles. The van der Waals surface area contributed by atoms with Crippen LogP contribution in [0.25, 0.3) is 0 Å². The van der Waals surface area contributed by atoms with Crippen molar-refractivity contribution in [3.63, 3.8) is 0 Å². The maximum atomic E-state index is 6.08. The van der Waals surface area contributed by atoms with Gasteiger partial charge in [0.05, 0.1) is 25.7 Å². The molecule has 0 saturated heterocycles. The summed E-state index contributed by atoms with van der Waals surface area (Å²) in [5, 5.41) is 0.782. The Balaban J connectivity index is 2.08. The van der Waals surface area contributed by atoms with E-state index in [-0.39, 0.29) is 0 Å². The number of aryl methyl sites for hydroxylation is 1. The summed E-state index contributed by atoms with van der Waals surface area (Å²) in [5.74, 6) is 1.27. The van der Waals surface area contributed by atoms with Crippen molar-refractivity contribution in [1.82, 2.24) is 0 Å². The van der Waals surface area contributed by atoms with Crippen LogP contribution in [0.5, 0.6) is 0 Å². The smallest absolute Gasteiger partial charge is 0.264 e. The van der Waals surface area contributed by atoms with Gasteiger partial charge in [0, 0.05) is 5.02 Å². The lowest BCUT2D eigenvalue weighted by Crippen LogP contribution is -2.40. The second-order valence-corrected chi connectivity index (χ2v) is 6.74. The molecule has 0 aliphatic carbocycles. The van der Waals surface area contributed by atoms with Gasteiger partial charge in [-0.15, -0.1) is 0 Å². The van der Waals surface area contributed by atoms with Gasteiger partial charge in [-0.3, -0.25) is 4.58 Å². The van der Waals surface area contributed by atoms with Gasteiger partial charge >= 0.3 is 0 Å². The Labute approximate surface area is 144 Å². The SMILES string of the molecule is Cc1ccc(N2CCCCC[N+](C)=C2c2ccc(Cl)cc2)cc1. The molecule has 2 nitrogen and oxygen atoms in total. The van der Waals surface area contributed by atoms with Crippen LogP contribution in [-0.2, 0) is 0 Å². The van der Waals surface area contributed by atoms with Gasteiger partial charge in [-0.1, -0.05) is 29.3 Å². The van der Waals surface area contributed by atoms with E-state index in [9.17, 15) is 0 Å². The quantitative estimate of drug-likeness (QED) is 0.723. The van der Waals surface area contributed by atoms with Crippen molar-refractivity contribution in [2.45, 2.75) is 26.2 Å². The maximum absolute atomic E-state index is 6.08. The molecule has 1 aliphatic rings. The van der Waals surface area contributed by atoms with E-state index in [4.69, 9.17) is 11.6 Å². The highest BCUT2D eigenvalue weighted by Crippen LogP contribution is 2.22. The molecule has 23 heavy (non-hydrogen) atoms. The fraction of sp³-hybridized carbons (Fsp3) is 0.350. The summed E-state index contributed by atoms with van der Waals surface area (Å²) in [6.07, 6.45) is 3.74. The number of hydrogen-bond donors (Lipinski definition) is 0. The van der Waals surface area contributed by atoms with Crippen LogP contribution >= 0.6 is 11.6 Å². The van der Waals surface area contributed by atoms with E-state index in [1.165, 1.54) is 41.9 Å². The standard InChI is InChI=1S/C20H24ClN2/c1-16-6-12-19(13-7-16)23-15-5-3-4-14-22(2)20(23)17-8-10-18(21)11-9-17/h6-13H,3-5,14-15H2,1-2H3/q+1. The van der Waals surface area contributed by atoms with Gasteiger partial charge in [0.15, 0.2) is 0 Å². The largest absolute Gasteiger partial charge is 0.284 e. The van der Waals surface area contributed by atoms with Crippen LogP contribution in [-0.4, -0.2) is 30.5 Å². The van der Waals surface area contributed by atoms with Gasteiger partial charge in [-0.05, 0) is 62.6 Å². The van der Waals surface area contributed by atoms with Gasteiger partial charge in [0.25, 0.3) is 5.84 Å². The number of amidine groups is 1. The zero-order valence-corrected chi connectivity index (χ0v) is 14.7. The number of anilines is 1. The average molecular weight is 328 g/mol. The van der Waals surface area contributed by atoms with Crippen molar-refractivity contribution >= 4 is 23.1 Å². The normalized spacial score (nSPS) is 16.2. The third-order valence-electron chi connectivity index (χ3n) is 4.44. The minimum atomic E-state index is 0.782. The summed E-state index contributed by atoms with van der Waals surface area (Å²) >= 11 is 6.08. The molecule has 0 radical (unpaired) electrons. The van der Waals surface area contributed by atoms with Crippen molar-refractivity contribution in [1.29, 1.82) is 0 Å². The highest BCUT2D eigenvalue weighted by molar-refractivity contribution is 6.30. The van der Waals surface area contributed by atoms with Crippen LogP contribution in [0.1, 0.15) is 30.4 Å². The van der Waals surface area contributed by atoms with Crippen LogP contribution in [0, 0.1) is 6.92 Å². The van der Waals surface area contributed by atoms with Crippen molar-refractivity contribution in [2.75, 3.05) is 25.0 Å². The van der Waals surface area contributed by atoms with E-state index < -0.39 is 0 Å². The molecule has 0 N–H and O–H groups in total. The van der Waals surface area contributed by atoms with E-state index in [1.54, 1.807) is 0 Å². The molecule has 0 saturated carbocycles. The second kappa shape index (κ2) is 7.18. The Kier molecular flexibility index (Phi) is 5.02. The van der Waals surface area contributed by atoms with Crippen LogP contribution in [0.4, 0.5) is 5.69 Å². The predicted octanol–water partition coefficient (Wildman–Crippen LogP) is 4.73. The molecule has 0 amide bonds. The fourth-order valence-corrected chi connectivity index (χ4v) is 3.29. The second-order valence-electron chi connectivity index (χ2n) is 6.30. The lowest BCUT2D eigenvalue weighted by atomic mass is 10.1. The fourth-order valence-electron chi connectivity index (χ4n) is 3.16. The number of rotatable bonds is 2. The first-order valence-electron chi connectivity index (χ1n) is 8.33. The molecule has 3 rings (SSSR count). The predicted molar refractivity (Wildman–Crippen MR) is 99.0 cm³/mol. The van der Waals surface area contributed by atoms with Crippen LogP contribution in [0.15, 0.2) is 48.5 Å². The Hall–Kier alpha value is -1.80. The summed E-state index contributed by atoms with van der Waals surface area (Å²) in [4.78, 5) is 2.45. The highest BCUT2D eigenvalue weighted by Gasteiger charge is 2.26. The summed E-state index contributed by atoms with van der Waals surface area (Å²) in [7, 11) is 2.19. The van der Waals surface area contributed by atoms with Gasteiger partial charge in [-0.25, -0.2) is 4.90 Å². The lowest BCUT2D eigenvalue weighted by molar-refractivity contribution is -0.498. The van der Waals surface area contributed by atoms with E-state index in [0.29, 0.717) is 0 Å². The van der Waals surface area contributed by atoms with Gasteiger partial charge in [0.1, 0.15) is 5.69 Å². The minimum Gasteiger partial charge on any atom is -0.264 e. The number of nitrogens with zero attached hydrogens (tertiary/aromatic N) is 2. The molecule has 0 spiro atoms. The zero-order valence-electron chi connectivity index (χ0n) is 13.9. The molecular weight excluding hydrogens is 304 g/mol. The Morgan fingerprint density at radius 3 is 2.30 bits per heavy atom. The number of halogens is 1. The third-order valence-corrected chi connectivity index (χ3v) is 4.69. The van der Waals surface area contributed by atoms with Crippen LogP contribution in [0.3, 0.4) is 0 Å². The lowest BCUT2D eigenvalue weighted by Gasteiger charge is -2.24. The maximum Gasteiger partial charge on any atom is 0.284 e. The molecule has 0 unspecified atom stereocenters. The number of hydrogen-bond acceptors (Lipinski definition) is 1. The van der Waals surface area contributed by atoms with Crippen LogP contribution in [0.2, 0.25) is 5.02 Å². The summed E-state index contributed by atoms with van der Waals surface area (Å²) < 4.78 is 2.38. The minimum absolute atomic E-state index is 0.782. The Morgan fingerprint density at radius 2 is 1.61 bits per heavy atom. The molecule has 1 heterocycles. The molecule has 2 aromatic rings. The molecule has 3 heteroatoms. The molecule has 0 atom stereocenters. The first kappa shape index (κ1) is 16.1. The van der Waals surface area contributed by atoms with E-state index in [1.807, 2.05) is 12.1 Å². The first-order valence-corrected chi connectivity index (χ1v) is 8.71. The van der Waals surface area contributed by atoms with Crippen LogP contribution < -0.4 is 4.90 Å². The molecular formula is C20H24ClN2+. The Bertz CT molecular complexity index is 687. The molecule has 0 bridgehead atoms. The van der Waals surface area contributed by atoms with Gasteiger partial charge < -0.3 is 0 Å². The van der Waals surface area contributed by atoms with Crippen molar-refractivity contribution in [3.05, 3.63) is 64.7 Å². The monoisotopic (exact) mass is 327 g/mol. The van der Waals surface area contributed by atoms with Gasteiger partial charge in [-0.2, -0.15) is 0 Å². The number of benzene rings is 2. The molecule has 0 aromatic heterocycles. The summed E-state index contributed by atoms with van der Waals surface area (Å²) in [6.45, 7) is 4.26. The highest BCUT2D eigenvalue weighted by atomic mass is 35.5. The molecule has 2 aromatic carbocycles. The van der Waals surface area contributed by atoms with E-state index in [0.717, 1.165) is 18.1 Å². The van der Waals surface area contributed by atoms with Crippen molar-refractivity contribution < 1.29 is 4.58 Å².